The Morgan fingerprint density at radius 3 is 2.50 bits per heavy atom. The molecule has 6 nitrogen and oxygen atoms in total. The lowest BCUT2D eigenvalue weighted by atomic mass is 10.6. The number of rotatable bonds is 6. The van der Waals surface area contributed by atoms with E-state index in [-0.39, 0.29) is 18.6 Å². The van der Waals surface area contributed by atoms with Gasteiger partial charge < -0.3 is 20.1 Å². The standard InChI is InChI=1S/C8H16N2O4/c1-7(11)14-6-5-13-4-3-10-8(12)9-2/h3-6H2,1-2H3,(H2,9,10,12). The van der Waals surface area contributed by atoms with Crippen LogP contribution in [0, 0.1) is 0 Å². The highest BCUT2D eigenvalue weighted by Crippen LogP contribution is 1.78. The lowest BCUT2D eigenvalue weighted by molar-refractivity contribution is -0.142. The second-order valence-corrected chi connectivity index (χ2v) is 2.46. The third-order valence-electron chi connectivity index (χ3n) is 1.29. The Bertz CT molecular complexity index is 184. The molecule has 0 aliphatic rings. The second kappa shape index (κ2) is 8.31. The molecule has 0 radical (unpaired) electrons. The summed E-state index contributed by atoms with van der Waals surface area (Å²) in [4.78, 5) is 21.0. The zero-order valence-corrected chi connectivity index (χ0v) is 8.46. The number of carbonyl (C=O) groups excluding carboxylic acids is 2. The highest BCUT2D eigenvalue weighted by atomic mass is 16.6. The minimum atomic E-state index is -0.322. The molecule has 0 heterocycles. The molecular formula is C8H16N2O4. The lowest BCUT2D eigenvalue weighted by Crippen LogP contribution is -2.35. The van der Waals surface area contributed by atoms with Crippen LogP contribution in [0.15, 0.2) is 0 Å². The fourth-order valence-corrected chi connectivity index (χ4v) is 0.672. The van der Waals surface area contributed by atoms with E-state index in [1.165, 1.54) is 14.0 Å². The Morgan fingerprint density at radius 2 is 1.93 bits per heavy atom. The van der Waals surface area contributed by atoms with Crippen LogP contribution < -0.4 is 10.6 Å². The van der Waals surface area contributed by atoms with Crippen LogP contribution in [0.5, 0.6) is 0 Å². The van der Waals surface area contributed by atoms with Crippen molar-refractivity contribution in [3.8, 4) is 0 Å². The summed E-state index contributed by atoms with van der Waals surface area (Å²) >= 11 is 0. The van der Waals surface area contributed by atoms with E-state index >= 15 is 0 Å². The Morgan fingerprint density at radius 1 is 1.21 bits per heavy atom. The van der Waals surface area contributed by atoms with Crippen LogP contribution in [0.4, 0.5) is 4.79 Å². The summed E-state index contributed by atoms with van der Waals surface area (Å²) in [6.45, 7) is 2.76. The molecule has 0 aromatic heterocycles. The average Bonchev–Trinajstić information content (AvgIpc) is 2.15. The number of esters is 1. The maximum absolute atomic E-state index is 10.6. The van der Waals surface area contributed by atoms with Crippen molar-refractivity contribution >= 4 is 12.0 Å². The van der Waals surface area contributed by atoms with Crippen LogP contribution in [-0.2, 0) is 14.3 Å². The molecule has 0 atom stereocenters. The number of nitrogens with one attached hydrogen (secondary N) is 2. The molecule has 0 unspecified atom stereocenters. The molecule has 0 aliphatic carbocycles. The molecular weight excluding hydrogens is 188 g/mol. The first-order valence-corrected chi connectivity index (χ1v) is 4.33. The topological polar surface area (TPSA) is 76.7 Å². The predicted octanol–water partition coefficient (Wildman–Crippen LogP) is -0.505. The van der Waals surface area contributed by atoms with E-state index in [1.807, 2.05) is 0 Å². The Labute approximate surface area is 82.9 Å². The molecule has 0 bridgehead atoms. The molecule has 14 heavy (non-hydrogen) atoms. The van der Waals surface area contributed by atoms with Crippen LogP contribution in [0.2, 0.25) is 0 Å². The largest absolute Gasteiger partial charge is 0.463 e. The quantitative estimate of drug-likeness (QED) is 0.451. The van der Waals surface area contributed by atoms with Gasteiger partial charge in [-0.15, -0.1) is 0 Å². The van der Waals surface area contributed by atoms with Crippen LogP contribution in [0.25, 0.3) is 0 Å². The molecule has 2 N–H and O–H groups in total. The molecule has 0 fully saturated rings. The van der Waals surface area contributed by atoms with Gasteiger partial charge in [-0.25, -0.2) is 4.79 Å². The molecule has 0 spiro atoms. The van der Waals surface area contributed by atoms with Gasteiger partial charge in [-0.1, -0.05) is 0 Å². The maximum Gasteiger partial charge on any atom is 0.314 e. The van der Waals surface area contributed by atoms with Gasteiger partial charge in [-0.2, -0.15) is 0 Å². The van der Waals surface area contributed by atoms with E-state index in [9.17, 15) is 9.59 Å². The average molecular weight is 204 g/mol. The van der Waals surface area contributed by atoms with Crippen LogP contribution >= 0.6 is 0 Å². The number of ether oxygens (including phenoxy) is 2. The van der Waals surface area contributed by atoms with E-state index in [0.29, 0.717) is 19.8 Å². The molecule has 0 saturated carbocycles. The highest BCUT2D eigenvalue weighted by molar-refractivity contribution is 5.73. The van der Waals surface area contributed by atoms with Gasteiger partial charge >= 0.3 is 12.0 Å². The zero-order chi connectivity index (χ0) is 10.8. The molecule has 0 aliphatic heterocycles. The van der Waals surface area contributed by atoms with E-state index in [2.05, 4.69) is 15.4 Å². The van der Waals surface area contributed by atoms with Gasteiger partial charge in [0, 0.05) is 20.5 Å². The van der Waals surface area contributed by atoms with E-state index < -0.39 is 0 Å². The summed E-state index contributed by atoms with van der Waals surface area (Å²) in [7, 11) is 1.54. The van der Waals surface area contributed by atoms with Crippen molar-refractivity contribution in [3.05, 3.63) is 0 Å². The van der Waals surface area contributed by atoms with E-state index in [0.717, 1.165) is 0 Å². The number of carbonyl (C=O) groups is 2. The third-order valence-corrected chi connectivity index (χ3v) is 1.29. The number of amides is 2. The summed E-state index contributed by atoms with van der Waals surface area (Å²) in [5.41, 5.74) is 0. The van der Waals surface area contributed by atoms with Crippen LogP contribution in [0.1, 0.15) is 6.92 Å². The molecule has 0 rings (SSSR count). The SMILES string of the molecule is CNC(=O)NCCOCCOC(C)=O. The normalized spacial score (nSPS) is 9.29. The molecule has 0 aromatic carbocycles. The summed E-state index contributed by atoms with van der Waals surface area (Å²) in [6.07, 6.45) is 0. The van der Waals surface area contributed by atoms with Crippen molar-refractivity contribution in [1.29, 1.82) is 0 Å². The van der Waals surface area contributed by atoms with Gasteiger partial charge in [0.15, 0.2) is 0 Å². The van der Waals surface area contributed by atoms with Gasteiger partial charge in [0.25, 0.3) is 0 Å². The van der Waals surface area contributed by atoms with Gasteiger partial charge in [0.2, 0.25) is 0 Å². The molecule has 0 saturated heterocycles. The summed E-state index contributed by atoms with van der Waals surface area (Å²) < 4.78 is 9.69. The van der Waals surface area contributed by atoms with Crippen LogP contribution in [-0.4, -0.2) is 45.4 Å². The van der Waals surface area contributed by atoms with Crippen molar-refractivity contribution in [3.63, 3.8) is 0 Å². The number of urea groups is 1. The minimum absolute atomic E-state index is 0.242. The van der Waals surface area contributed by atoms with Crippen molar-refractivity contribution in [2.75, 3.05) is 33.4 Å². The van der Waals surface area contributed by atoms with Gasteiger partial charge in [0.1, 0.15) is 6.61 Å². The third kappa shape index (κ3) is 8.79. The summed E-state index contributed by atoms with van der Waals surface area (Å²) in [5, 5.41) is 4.96. The Hall–Kier alpha value is -1.30. The predicted molar refractivity (Wildman–Crippen MR) is 49.9 cm³/mol. The fraction of sp³-hybridized carbons (Fsp3) is 0.750. The first kappa shape index (κ1) is 12.7. The van der Waals surface area contributed by atoms with Crippen molar-refractivity contribution in [2.45, 2.75) is 6.92 Å². The highest BCUT2D eigenvalue weighted by Gasteiger charge is 1.95. The Balaban J connectivity index is 3.06. The fourth-order valence-electron chi connectivity index (χ4n) is 0.672. The summed E-state index contributed by atoms with van der Waals surface area (Å²) in [5.74, 6) is -0.322. The molecule has 82 valence electrons. The zero-order valence-electron chi connectivity index (χ0n) is 8.46. The number of hydrogen-bond acceptors (Lipinski definition) is 4. The smallest absolute Gasteiger partial charge is 0.314 e. The minimum Gasteiger partial charge on any atom is -0.463 e. The summed E-state index contributed by atoms with van der Waals surface area (Å²) in [6, 6.07) is -0.242. The first-order chi connectivity index (χ1) is 6.66. The first-order valence-electron chi connectivity index (χ1n) is 4.33. The maximum atomic E-state index is 10.6. The van der Waals surface area contributed by atoms with Gasteiger partial charge in [-0.05, 0) is 0 Å². The van der Waals surface area contributed by atoms with E-state index in [1.54, 1.807) is 0 Å². The second-order valence-electron chi connectivity index (χ2n) is 2.46. The Kier molecular flexibility index (Phi) is 7.53. The molecule has 0 aromatic rings. The van der Waals surface area contributed by atoms with Gasteiger partial charge in [0.05, 0.1) is 13.2 Å². The number of hydrogen-bond donors (Lipinski definition) is 2. The van der Waals surface area contributed by atoms with Gasteiger partial charge in [-0.3, -0.25) is 4.79 Å². The lowest BCUT2D eigenvalue weighted by Gasteiger charge is -2.05. The molecule has 2 amide bonds. The molecule has 6 heteroatoms. The van der Waals surface area contributed by atoms with E-state index in [4.69, 9.17) is 4.74 Å². The van der Waals surface area contributed by atoms with Crippen molar-refractivity contribution in [1.82, 2.24) is 10.6 Å². The van der Waals surface area contributed by atoms with Crippen molar-refractivity contribution in [2.24, 2.45) is 0 Å². The van der Waals surface area contributed by atoms with Crippen molar-refractivity contribution < 1.29 is 19.1 Å². The monoisotopic (exact) mass is 204 g/mol. The van der Waals surface area contributed by atoms with Crippen LogP contribution in [0.3, 0.4) is 0 Å².